The number of benzene rings is 3. The van der Waals surface area contributed by atoms with Gasteiger partial charge in [0.15, 0.2) is 5.82 Å². The van der Waals surface area contributed by atoms with E-state index in [9.17, 15) is 4.79 Å². The summed E-state index contributed by atoms with van der Waals surface area (Å²) in [5.41, 5.74) is 2.03. The number of halogens is 1. The van der Waals surface area contributed by atoms with Crippen LogP contribution in [0.1, 0.15) is 56.3 Å². The van der Waals surface area contributed by atoms with Crippen molar-refractivity contribution in [3.05, 3.63) is 90.1 Å². The quantitative estimate of drug-likeness (QED) is 0.175. The first kappa shape index (κ1) is 30.9. The van der Waals surface area contributed by atoms with Crippen LogP contribution in [0.5, 0.6) is 5.75 Å². The Labute approximate surface area is 291 Å². The Morgan fingerprint density at radius 1 is 0.960 bits per heavy atom. The molecule has 4 aliphatic heterocycles. The lowest BCUT2D eigenvalue weighted by Gasteiger charge is -2.41. The van der Waals surface area contributed by atoms with Crippen molar-refractivity contribution in [2.75, 3.05) is 31.1 Å². The number of pyridine rings is 1. The summed E-state index contributed by atoms with van der Waals surface area (Å²) < 4.78 is 22.8. The van der Waals surface area contributed by atoms with Crippen molar-refractivity contribution < 1.29 is 13.9 Å². The van der Waals surface area contributed by atoms with Crippen LogP contribution in [0.4, 0.5) is 15.0 Å². The zero-order chi connectivity index (χ0) is 33.8. The van der Waals surface area contributed by atoms with Crippen LogP contribution >= 0.6 is 0 Å². The Kier molecular flexibility index (Phi) is 7.65. The molecule has 4 saturated heterocycles. The molecule has 0 radical (unpaired) electrons. The Morgan fingerprint density at radius 2 is 1.70 bits per heavy atom. The summed E-state index contributed by atoms with van der Waals surface area (Å²) in [5.74, 6) is 4.17. The molecule has 9 heteroatoms. The first-order valence-corrected chi connectivity index (χ1v) is 17.9. The summed E-state index contributed by atoms with van der Waals surface area (Å²) in [6.07, 6.45) is 15.5. The highest BCUT2D eigenvalue weighted by atomic mass is 19.1. The van der Waals surface area contributed by atoms with E-state index in [2.05, 4.69) is 15.7 Å². The Morgan fingerprint density at radius 3 is 2.44 bits per heavy atom. The number of ether oxygens (including phenoxy) is 1. The van der Waals surface area contributed by atoms with Gasteiger partial charge in [0.25, 0.3) is 0 Å². The summed E-state index contributed by atoms with van der Waals surface area (Å²) in [7, 11) is 0. The van der Waals surface area contributed by atoms with Crippen LogP contribution in [0.3, 0.4) is 0 Å². The second-order valence-corrected chi connectivity index (χ2v) is 14.3. The Bertz CT molecular complexity index is 2140. The van der Waals surface area contributed by atoms with Crippen LogP contribution in [0.15, 0.2) is 72.9 Å². The molecule has 2 atom stereocenters. The summed E-state index contributed by atoms with van der Waals surface area (Å²) >= 11 is 0. The fraction of sp³-hybridized carbons (Fsp3) is 0.366. The molecular formula is C41H39FN6O2. The maximum atomic E-state index is 17.0. The molecule has 0 saturated carbocycles. The molecular weight excluding hydrogens is 627 g/mol. The molecule has 9 rings (SSSR count). The normalized spacial score (nSPS) is 21.1. The average molecular weight is 667 g/mol. The van der Waals surface area contributed by atoms with Crippen molar-refractivity contribution in [3.63, 3.8) is 0 Å². The number of aromatic nitrogens is 3. The first-order chi connectivity index (χ1) is 24.5. The van der Waals surface area contributed by atoms with Gasteiger partial charge in [-0.25, -0.2) is 19.2 Å². The summed E-state index contributed by atoms with van der Waals surface area (Å²) in [4.78, 5) is 35.0. The van der Waals surface area contributed by atoms with Crippen molar-refractivity contribution in [2.45, 2.75) is 69.0 Å². The second-order valence-electron chi connectivity index (χ2n) is 14.3. The van der Waals surface area contributed by atoms with Gasteiger partial charge in [-0.3, -0.25) is 14.8 Å². The minimum Gasteiger partial charge on any atom is -0.410 e. The van der Waals surface area contributed by atoms with Gasteiger partial charge < -0.3 is 9.64 Å². The van der Waals surface area contributed by atoms with Crippen LogP contribution in [0, 0.1) is 18.2 Å². The standard InChI is InChI=1S/C41H39FN6O2/c1-2-27-10-6-11-28-12-7-15-32(35(27)28)37-36(42)38-33(24-43-37)39(45-34(44-38)18-21-41-19-8-22-47(41)23-9-20-41)46-25-29-16-17-30(26-46)48(29)40(49)50-31-13-4-3-5-14-31/h1,3-7,10-15,24,29-30H,8-9,16-23,25-26H2. The third kappa shape index (κ3) is 5.16. The number of amides is 1. The van der Waals surface area contributed by atoms with Crippen LogP contribution in [0.25, 0.3) is 32.9 Å². The second kappa shape index (κ2) is 12.4. The van der Waals surface area contributed by atoms with Crippen molar-refractivity contribution >= 4 is 33.6 Å². The molecule has 6 heterocycles. The van der Waals surface area contributed by atoms with Crippen LogP contribution < -0.4 is 9.64 Å². The number of rotatable bonds is 6. The molecule has 0 spiro atoms. The molecule has 2 aromatic heterocycles. The lowest BCUT2D eigenvalue weighted by Crippen LogP contribution is -2.56. The summed E-state index contributed by atoms with van der Waals surface area (Å²) in [6, 6.07) is 20.7. The SMILES string of the molecule is C#Cc1cccc2cccc(-c3ncc4c(N5CC6CCC(C5)N6C(=O)Oc5ccccc5)nc(CCC56CCCN5CCC6)nc4c3F)c12. The molecule has 2 bridgehead atoms. The zero-order valence-electron chi connectivity index (χ0n) is 28.0. The van der Waals surface area contributed by atoms with Gasteiger partial charge in [0, 0.05) is 47.8 Å². The number of terminal acetylenes is 1. The summed E-state index contributed by atoms with van der Waals surface area (Å²) in [6.45, 7) is 3.44. The number of piperazine rings is 1. The van der Waals surface area contributed by atoms with Crippen LogP contribution in [-0.2, 0) is 6.42 Å². The third-order valence-electron chi connectivity index (χ3n) is 11.6. The average Bonchev–Trinajstić information content (AvgIpc) is 3.81. The molecule has 0 aliphatic carbocycles. The summed E-state index contributed by atoms with van der Waals surface area (Å²) in [5, 5.41) is 2.31. The van der Waals surface area contributed by atoms with Gasteiger partial charge in [0.05, 0.1) is 17.5 Å². The highest BCUT2D eigenvalue weighted by molar-refractivity contribution is 6.02. The monoisotopic (exact) mass is 666 g/mol. The largest absolute Gasteiger partial charge is 0.415 e. The van der Waals surface area contributed by atoms with E-state index in [1.807, 2.05) is 59.5 Å². The van der Waals surface area contributed by atoms with Crippen LogP contribution in [0.2, 0.25) is 0 Å². The van der Waals surface area contributed by atoms with Gasteiger partial charge in [-0.05, 0) is 81.6 Å². The molecule has 0 N–H and O–H groups in total. The number of hydrogen-bond acceptors (Lipinski definition) is 7. The van der Waals surface area contributed by atoms with Crippen molar-refractivity contribution in [3.8, 4) is 29.4 Å². The lowest BCUT2D eigenvalue weighted by atomic mass is 9.88. The molecule has 3 aromatic carbocycles. The number of carbonyl (C=O) groups is 1. The predicted octanol–water partition coefficient (Wildman–Crippen LogP) is 7.38. The van der Waals surface area contributed by atoms with Gasteiger partial charge >= 0.3 is 6.09 Å². The van der Waals surface area contributed by atoms with Gasteiger partial charge in [-0.2, -0.15) is 0 Å². The Balaban J connectivity index is 1.10. The van der Waals surface area contributed by atoms with E-state index < -0.39 is 5.82 Å². The number of aryl methyl sites for hydroxylation is 1. The highest BCUT2D eigenvalue weighted by Crippen LogP contribution is 2.43. The van der Waals surface area contributed by atoms with Gasteiger partial charge in [0.1, 0.15) is 28.6 Å². The maximum absolute atomic E-state index is 17.0. The van der Waals surface area contributed by atoms with Crippen molar-refractivity contribution in [1.29, 1.82) is 0 Å². The highest BCUT2D eigenvalue weighted by Gasteiger charge is 2.45. The lowest BCUT2D eigenvalue weighted by molar-refractivity contribution is 0.121. The minimum atomic E-state index is -0.471. The number of anilines is 1. The van der Waals surface area contributed by atoms with E-state index in [1.54, 1.807) is 18.3 Å². The van der Waals surface area contributed by atoms with Crippen molar-refractivity contribution in [1.82, 2.24) is 24.8 Å². The minimum absolute atomic E-state index is 0.0437. The number of carbonyl (C=O) groups excluding carboxylic acids is 1. The fourth-order valence-electron chi connectivity index (χ4n) is 9.28. The number of para-hydroxylation sites is 1. The molecule has 50 heavy (non-hydrogen) atoms. The van der Waals surface area contributed by atoms with E-state index in [0.717, 1.165) is 43.1 Å². The van der Waals surface area contributed by atoms with E-state index in [-0.39, 0.29) is 34.9 Å². The number of nitrogens with zero attached hydrogens (tertiary/aromatic N) is 6. The smallest absolute Gasteiger partial charge is 0.410 e. The third-order valence-corrected chi connectivity index (χ3v) is 11.6. The first-order valence-electron chi connectivity index (χ1n) is 17.9. The molecule has 8 nitrogen and oxygen atoms in total. The Hall–Kier alpha value is -5.07. The topological polar surface area (TPSA) is 74.7 Å². The molecule has 5 aromatic rings. The van der Waals surface area contributed by atoms with E-state index in [0.29, 0.717) is 53.4 Å². The van der Waals surface area contributed by atoms with E-state index in [4.69, 9.17) is 26.1 Å². The van der Waals surface area contributed by atoms with E-state index in [1.165, 1.54) is 25.7 Å². The van der Waals surface area contributed by atoms with Gasteiger partial charge in [-0.15, -0.1) is 6.42 Å². The number of hydrogen-bond donors (Lipinski definition) is 0. The van der Waals surface area contributed by atoms with Crippen molar-refractivity contribution in [2.24, 2.45) is 0 Å². The number of fused-ring (bicyclic) bond motifs is 5. The van der Waals surface area contributed by atoms with Gasteiger partial charge in [-0.1, -0.05) is 54.5 Å². The molecule has 1 amide bonds. The maximum Gasteiger partial charge on any atom is 0.415 e. The molecule has 2 unspecified atom stereocenters. The molecule has 4 fully saturated rings. The van der Waals surface area contributed by atoms with Crippen LogP contribution in [-0.4, -0.2) is 74.6 Å². The fourth-order valence-corrected chi connectivity index (χ4v) is 9.28. The zero-order valence-corrected chi connectivity index (χ0v) is 28.0. The molecule has 4 aliphatic rings. The van der Waals surface area contributed by atoms with E-state index >= 15 is 4.39 Å². The van der Waals surface area contributed by atoms with Gasteiger partial charge in [0.2, 0.25) is 0 Å². The molecule has 252 valence electrons. The predicted molar refractivity (Wildman–Crippen MR) is 193 cm³/mol.